The summed E-state index contributed by atoms with van der Waals surface area (Å²) in [4.78, 5) is 0.495. The van der Waals surface area contributed by atoms with Gasteiger partial charge in [0, 0.05) is 17.1 Å². The van der Waals surface area contributed by atoms with Gasteiger partial charge in [0.05, 0.1) is 6.10 Å². The van der Waals surface area contributed by atoms with Crippen LogP contribution in [0.25, 0.3) is 0 Å². The highest BCUT2D eigenvalue weighted by Crippen LogP contribution is 2.23. The Hall–Kier alpha value is -1.39. The van der Waals surface area contributed by atoms with Crippen molar-refractivity contribution < 1.29 is 13.9 Å². The summed E-state index contributed by atoms with van der Waals surface area (Å²) in [6.07, 6.45) is -0.477. The zero-order valence-corrected chi connectivity index (χ0v) is 11.0. The molecular formula is C15H14F2OS. The summed E-state index contributed by atoms with van der Waals surface area (Å²) >= 11 is 1.23. The summed E-state index contributed by atoms with van der Waals surface area (Å²) in [5, 5.41) is 9.87. The van der Waals surface area contributed by atoms with Gasteiger partial charge < -0.3 is 5.11 Å². The van der Waals surface area contributed by atoms with Gasteiger partial charge in [0.25, 0.3) is 0 Å². The molecule has 0 aromatic heterocycles. The van der Waals surface area contributed by atoms with Crippen molar-refractivity contribution in [2.75, 3.05) is 5.75 Å². The van der Waals surface area contributed by atoms with Gasteiger partial charge in [-0.2, -0.15) is 0 Å². The molecule has 1 N–H and O–H groups in total. The molecule has 0 bridgehead atoms. The van der Waals surface area contributed by atoms with Crippen LogP contribution in [-0.2, 0) is 6.42 Å². The lowest BCUT2D eigenvalue weighted by molar-refractivity contribution is 0.198. The van der Waals surface area contributed by atoms with E-state index in [2.05, 4.69) is 0 Å². The van der Waals surface area contributed by atoms with Gasteiger partial charge in [-0.15, -0.1) is 11.8 Å². The van der Waals surface area contributed by atoms with Crippen molar-refractivity contribution in [1.29, 1.82) is 0 Å². The van der Waals surface area contributed by atoms with Gasteiger partial charge in [0.15, 0.2) is 0 Å². The predicted octanol–water partition coefficient (Wildman–Crippen LogP) is 3.66. The molecule has 100 valence electrons. The minimum Gasteiger partial charge on any atom is -0.392 e. The van der Waals surface area contributed by atoms with Gasteiger partial charge in [0.2, 0.25) is 0 Å². The van der Waals surface area contributed by atoms with E-state index in [4.69, 9.17) is 0 Å². The second kappa shape index (κ2) is 6.68. The van der Waals surface area contributed by atoms with Crippen molar-refractivity contribution in [1.82, 2.24) is 0 Å². The van der Waals surface area contributed by atoms with E-state index in [1.165, 1.54) is 23.9 Å². The third-order valence-electron chi connectivity index (χ3n) is 2.68. The molecular weight excluding hydrogens is 266 g/mol. The van der Waals surface area contributed by atoms with E-state index in [1.807, 2.05) is 0 Å². The van der Waals surface area contributed by atoms with Crippen molar-refractivity contribution in [2.24, 2.45) is 0 Å². The first-order valence-electron chi connectivity index (χ1n) is 5.95. The minimum atomic E-state index is -0.707. The number of rotatable bonds is 5. The fourth-order valence-electron chi connectivity index (χ4n) is 1.72. The number of thioether (sulfide) groups is 1. The number of aliphatic hydroxyl groups excluding tert-OH is 1. The lowest BCUT2D eigenvalue weighted by Gasteiger charge is -2.11. The maximum atomic E-state index is 13.4. The Labute approximate surface area is 115 Å². The van der Waals surface area contributed by atoms with Crippen LogP contribution in [0.3, 0.4) is 0 Å². The van der Waals surface area contributed by atoms with Crippen LogP contribution in [0.4, 0.5) is 8.78 Å². The minimum absolute atomic E-state index is 0.230. The molecule has 0 saturated carbocycles. The van der Waals surface area contributed by atoms with Crippen molar-refractivity contribution in [3.63, 3.8) is 0 Å². The molecule has 2 aromatic rings. The summed E-state index contributed by atoms with van der Waals surface area (Å²) in [5.41, 5.74) is 0.476. The Bertz CT molecular complexity index is 545. The zero-order chi connectivity index (χ0) is 13.7. The van der Waals surface area contributed by atoms with E-state index in [0.29, 0.717) is 16.2 Å². The first-order chi connectivity index (χ1) is 9.16. The van der Waals surface area contributed by atoms with E-state index in [-0.39, 0.29) is 18.1 Å². The molecule has 0 aliphatic rings. The summed E-state index contributed by atoms with van der Waals surface area (Å²) in [7, 11) is 0. The largest absolute Gasteiger partial charge is 0.392 e. The lowest BCUT2D eigenvalue weighted by atomic mass is 10.1. The van der Waals surface area contributed by atoms with E-state index in [0.717, 1.165) is 0 Å². The van der Waals surface area contributed by atoms with Crippen molar-refractivity contribution >= 4 is 11.8 Å². The topological polar surface area (TPSA) is 20.2 Å². The highest BCUT2D eigenvalue weighted by molar-refractivity contribution is 7.99. The molecule has 2 aromatic carbocycles. The number of halogens is 2. The molecule has 2 rings (SSSR count). The van der Waals surface area contributed by atoms with Gasteiger partial charge in [-0.05, 0) is 23.8 Å². The average molecular weight is 280 g/mol. The molecule has 19 heavy (non-hydrogen) atoms. The SMILES string of the molecule is OC(CSc1ccccc1F)Cc1ccccc1F. The number of hydrogen-bond acceptors (Lipinski definition) is 2. The Morgan fingerprint density at radius 3 is 2.26 bits per heavy atom. The van der Waals surface area contributed by atoms with E-state index < -0.39 is 6.10 Å². The second-order valence-electron chi connectivity index (χ2n) is 4.19. The average Bonchev–Trinajstić information content (AvgIpc) is 2.40. The molecule has 1 unspecified atom stereocenters. The Kier molecular flexibility index (Phi) is 4.93. The van der Waals surface area contributed by atoms with Crippen LogP contribution < -0.4 is 0 Å². The maximum Gasteiger partial charge on any atom is 0.136 e. The van der Waals surface area contributed by atoms with Crippen LogP contribution in [0.15, 0.2) is 53.4 Å². The summed E-state index contributed by atoms with van der Waals surface area (Å²) < 4.78 is 26.8. The number of benzene rings is 2. The maximum absolute atomic E-state index is 13.4. The van der Waals surface area contributed by atoms with Gasteiger partial charge in [-0.25, -0.2) is 8.78 Å². The number of hydrogen-bond donors (Lipinski definition) is 1. The van der Waals surface area contributed by atoms with Gasteiger partial charge in [-0.3, -0.25) is 0 Å². The first-order valence-corrected chi connectivity index (χ1v) is 6.94. The van der Waals surface area contributed by atoms with Crippen molar-refractivity contribution in [3.05, 3.63) is 65.7 Å². The molecule has 1 atom stereocenters. The molecule has 0 radical (unpaired) electrons. The fraction of sp³-hybridized carbons (Fsp3) is 0.200. The Morgan fingerprint density at radius 1 is 0.947 bits per heavy atom. The van der Waals surface area contributed by atoms with Crippen LogP contribution >= 0.6 is 11.8 Å². The third-order valence-corrected chi connectivity index (χ3v) is 3.87. The molecule has 0 aliphatic carbocycles. The highest BCUT2D eigenvalue weighted by Gasteiger charge is 2.11. The summed E-state index contributed by atoms with van der Waals surface area (Å²) in [6, 6.07) is 12.8. The van der Waals surface area contributed by atoms with Gasteiger partial charge in [0.1, 0.15) is 11.6 Å². The van der Waals surface area contributed by atoms with Crippen LogP contribution in [0.5, 0.6) is 0 Å². The summed E-state index contributed by atoms with van der Waals surface area (Å²) in [5.74, 6) is -0.294. The Morgan fingerprint density at radius 2 is 1.58 bits per heavy atom. The van der Waals surface area contributed by atoms with Gasteiger partial charge in [-0.1, -0.05) is 30.3 Å². The van der Waals surface area contributed by atoms with Crippen LogP contribution in [0, 0.1) is 11.6 Å². The van der Waals surface area contributed by atoms with Crippen molar-refractivity contribution in [3.8, 4) is 0 Å². The molecule has 4 heteroatoms. The van der Waals surface area contributed by atoms with E-state index in [9.17, 15) is 13.9 Å². The molecule has 1 nitrogen and oxygen atoms in total. The van der Waals surface area contributed by atoms with E-state index in [1.54, 1.807) is 36.4 Å². The standard InChI is InChI=1S/C15H14F2OS/c16-13-6-2-1-5-11(13)9-12(18)10-19-15-8-4-3-7-14(15)17/h1-8,12,18H,9-10H2. The lowest BCUT2D eigenvalue weighted by Crippen LogP contribution is -2.14. The van der Waals surface area contributed by atoms with Gasteiger partial charge >= 0.3 is 0 Å². The van der Waals surface area contributed by atoms with Crippen LogP contribution in [-0.4, -0.2) is 17.0 Å². The smallest absolute Gasteiger partial charge is 0.136 e. The Balaban J connectivity index is 1.90. The molecule has 0 fully saturated rings. The van der Waals surface area contributed by atoms with Crippen molar-refractivity contribution in [2.45, 2.75) is 17.4 Å². The monoisotopic (exact) mass is 280 g/mol. The molecule has 0 spiro atoms. The molecule has 0 aliphatic heterocycles. The van der Waals surface area contributed by atoms with E-state index >= 15 is 0 Å². The molecule has 0 amide bonds. The third kappa shape index (κ3) is 4.04. The van der Waals surface area contributed by atoms with Crippen LogP contribution in [0.2, 0.25) is 0 Å². The summed E-state index contributed by atoms with van der Waals surface area (Å²) in [6.45, 7) is 0. The normalized spacial score (nSPS) is 12.4. The van der Waals surface area contributed by atoms with Crippen LogP contribution in [0.1, 0.15) is 5.56 Å². The number of aliphatic hydroxyl groups is 1. The molecule has 0 saturated heterocycles. The fourth-order valence-corrected chi connectivity index (χ4v) is 2.59. The highest BCUT2D eigenvalue weighted by atomic mass is 32.2. The molecule has 0 heterocycles. The predicted molar refractivity (Wildman–Crippen MR) is 73.2 cm³/mol. The zero-order valence-electron chi connectivity index (χ0n) is 10.2. The quantitative estimate of drug-likeness (QED) is 0.843. The second-order valence-corrected chi connectivity index (χ2v) is 5.25. The first kappa shape index (κ1) is 14.0.